The Balaban J connectivity index is 2.08. The molecule has 0 unspecified atom stereocenters. The summed E-state index contributed by atoms with van der Waals surface area (Å²) in [6.07, 6.45) is 2.05. The van der Waals surface area contributed by atoms with Gasteiger partial charge in [0.15, 0.2) is 0 Å². The van der Waals surface area contributed by atoms with Crippen molar-refractivity contribution >= 4 is 28.2 Å². The molecule has 0 aliphatic carbocycles. The predicted octanol–water partition coefficient (Wildman–Crippen LogP) is 3.73. The lowest BCUT2D eigenvalue weighted by Crippen LogP contribution is -2.13. The lowest BCUT2D eigenvalue weighted by molar-refractivity contribution is 0.0871. The molecule has 2 rings (SSSR count). The van der Waals surface area contributed by atoms with E-state index in [0.29, 0.717) is 11.6 Å². The summed E-state index contributed by atoms with van der Waals surface area (Å²) in [5.41, 5.74) is 1.96. The van der Waals surface area contributed by atoms with Crippen LogP contribution in [0, 0.1) is 0 Å². The molecule has 18 heavy (non-hydrogen) atoms. The number of benzene rings is 1. The lowest BCUT2D eigenvalue weighted by Gasteiger charge is -2.11. The van der Waals surface area contributed by atoms with Gasteiger partial charge >= 0.3 is 0 Å². The van der Waals surface area contributed by atoms with Crippen molar-refractivity contribution in [3.05, 3.63) is 35.5 Å². The Bertz CT molecular complexity index is 528. The highest BCUT2D eigenvalue weighted by molar-refractivity contribution is 6.31. The van der Waals surface area contributed by atoms with Crippen LogP contribution in [0.2, 0.25) is 5.02 Å². The van der Waals surface area contributed by atoms with Crippen molar-refractivity contribution in [1.82, 2.24) is 4.98 Å². The van der Waals surface area contributed by atoms with Crippen LogP contribution in [0.15, 0.2) is 30.5 Å². The number of hydrogen-bond donors (Lipinski definition) is 1. The van der Waals surface area contributed by atoms with E-state index in [2.05, 4.69) is 10.3 Å². The summed E-state index contributed by atoms with van der Waals surface area (Å²) >= 11 is 5.95. The average Bonchev–Trinajstić information content (AvgIpc) is 2.34. The van der Waals surface area contributed by atoms with Crippen LogP contribution in [0.25, 0.3) is 10.9 Å². The summed E-state index contributed by atoms with van der Waals surface area (Å²) in [5, 5.41) is 5.13. The zero-order chi connectivity index (χ0) is 13.0. The number of rotatable bonds is 5. The number of ether oxygens (including phenoxy) is 1. The molecule has 0 bridgehead atoms. The predicted molar refractivity (Wildman–Crippen MR) is 76.3 cm³/mol. The molecule has 0 aliphatic heterocycles. The van der Waals surface area contributed by atoms with E-state index in [1.807, 2.05) is 38.1 Å². The molecule has 1 aromatic heterocycles. The number of nitrogens with one attached hydrogen (secondary N) is 1. The van der Waals surface area contributed by atoms with E-state index in [1.54, 1.807) is 6.20 Å². The Kier molecular flexibility index (Phi) is 4.39. The van der Waals surface area contributed by atoms with Crippen molar-refractivity contribution < 1.29 is 4.74 Å². The van der Waals surface area contributed by atoms with Crippen LogP contribution in [0.4, 0.5) is 5.69 Å². The minimum Gasteiger partial charge on any atom is -0.382 e. The second kappa shape index (κ2) is 6.03. The SMILES string of the molecule is CC(C)OCCNc1ccnc2cc(Cl)ccc12. The van der Waals surface area contributed by atoms with Gasteiger partial charge in [-0.3, -0.25) is 4.98 Å². The molecule has 0 fully saturated rings. The van der Waals surface area contributed by atoms with Crippen LogP contribution in [0.3, 0.4) is 0 Å². The molecule has 0 saturated carbocycles. The van der Waals surface area contributed by atoms with Crippen LogP contribution in [0.5, 0.6) is 0 Å². The Hall–Kier alpha value is -1.32. The number of fused-ring (bicyclic) bond motifs is 1. The molecular formula is C14H17ClN2O. The molecule has 3 nitrogen and oxygen atoms in total. The van der Waals surface area contributed by atoms with E-state index in [9.17, 15) is 0 Å². The molecule has 1 aromatic carbocycles. The number of nitrogens with zero attached hydrogens (tertiary/aromatic N) is 1. The van der Waals surface area contributed by atoms with E-state index < -0.39 is 0 Å². The van der Waals surface area contributed by atoms with Gasteiger partial charge in [-0.2, -0.15) is 0 Å². The maximum absolute atomic E-state index is 5.95. The number of anilines is 1. The van der Waals surface area contributed by atoms with Gasteiger partial charge in [0.2, 0.25) is 0 Å². The van der Waals surface area contributed by atoms with Crippen molar-refractivity contribution in [2.24, 2.45) is 0 Å². The normalized spacial score (nSPS) is 11.1. The van der Waals surface area contributed by atoms with Crippen molar-refractivity contribution in [3.63, 3.8) is 0 Å². The molecule has 0 saturated heterocycles. The van der Waals surface area contributed by atoms with Crippen molar-refractivity contribution in [3.8, 4) is 0 Å². The average molecular weight is 265 g/mol. The highest BCUT2D eigenvalue weighted by atomic mass is 35.5. The largest absolute Gasteiger partial charge is 0.382 e. The first-order chi connectivity index (χ1) is 8.66. The van der Waals surface area contributed by atoms with E-state index >= 15 is 0 Å². The smallest absolute Gasteiger partial charge is 0.0737 e. The monoisotopic (exact) mass is 264 g/mol. The Morgan fingerprint density at radius 2 is 2.17 bits per heavy atom. The van der Waals surface area contributed by atoms with Crippen molar-refractivity contribution in [1.29, 1.82) is 0 Å². The third-order valence-electron chi connectivity index (χ3n) is 2.57. The minimum atomic E-state index is 0.264. The second-order valence-electron chi connectivity index (χ2n) is 4.37. The molecule has 0 radical (unpaired) electrons. The van der Waals surface area contributed by atoms with Gasteiger partial charge in [-0.05, 0) is 38.1 Å². The fourth-order valence-electron chi connectivity index (χ4n) is 1.76. The fraction of sp³-hybridized carbons (Fsp3) is 0.357. The molecule has 1 heterocycles. The number of aromatic nitrogens is 1. The summed E-state index contributed by atoms with van der Waals surface area (Å²) in [6.45, 7) is 5.53. The summed E-state index contributed by atoms with van der Waals surface area (Å²) in [5.74, 6) is 0. The minimum absolute atomic E-state index is 0.264. The first kappa shape index (κ1) is 13.1. The zero-order valence-electron chi connectivity index (χ0n) is 10.6. The molecule has 0 amide bonds. The van der Waals surface area contributed by atoms with E-state index in [1.165, 1.54) is 0 Å². The second-order valence-corrected chi connectivity index (χ2v) is 4.80. The Labute approximate surface area is 112 Å². The van der Waals surface area contributed by atoms with Gasteiger partial charge in [-0.15, -0.1) is 0 Å². The van der Waals surface area contributed by atoms with Gasteiger partial charge in [-0.25, -0.2) is 0 Å². The zero-order valence-corrected chi connectivity index (χ0v) is 11.4. The maximum atomic E-state index is 5.95. The number of pyridine rings is 1. The maximum Gasteiger partial charge on any atom is 0.0737 e. The number of hydrogen-bond acceptors (Lipinski definition) is 3. The third-order valence-corrected chi connectivity index (χ3v) is 2.81. The Morgan fingerprint density at radius 1 is 1.33 bits per heavy atom. The van der Waals surface area contributed by atoms with Crippen molar-refractivity contribution in [2.75, 3.05) is 18.5 Å². The molecule has 0 spiro atoms. The van der Waals surface area contributed by atoms with Crippen LogP contribution < -0.4 is 5.32 Å². The van der Waals surface area contributed by atoms with Gasteiger partial charge in [0.1, 0.15) is 0 Å². The highest BCUT2D eigenvalue weighted by Crippen LogP contribution is 2.24. The summed E-state index contributed by atoms with van der Waals surface area (Å²) < 4.78 is 5.50. The molecular weight excluding hydrogens is 248 g/mol. The third kappa shape index (κ3) is 3.34. The summed E-state index contributed by atoms with van der Waals surface area (Å²) in [4.78, 5) is 4.30. The van der Waals surface area contributed by atoms with E-state index in [0.717, 1.165) is 23.1 Å². The topological polar surface area (TPSA) is 34.1 Å². The fourth-order valence-corrected chi connectivity index (χ4v) is 1.92. The standard InChI is InChI=1S/C14H17ClN2O/c1-10(2)18-8-7-17-13-5-6-16-14-9-11(15)3-4-12(13)14/h3-6,9-10H,7-8H2,1-2H3,(H,16,17). The van der Waals surface area contributed by atoms with Gasteiger partial charge in [0, 0.05) is 28.8 Å². The Morgan fingerprint density at radius 3 is 2.94 bits per heavy atom. The summed E-state index contributed by atoms with van der Waals surface area (Å²) in [6, 6.07) is 7.69. The van der Waals surface area contributed by atoms with Gasteiger partial charge in [0.25, 0.3) is 0 Å². The lowest BCUT2D eigenvalue weighted by atomic mass is 10.2. The number of halogens is 1. The van der Waals surface area contributed by atoms with E-state index in [4.69, 9.17) is 16.3 Å². The van der Waals surface area contributed by atoms with Crippen molar-refractivity contribution in [2.45, 2.75) is 20.0 Å². The summed E-state index contributed by atoms with van der Waals surface area (Å²) in [7, 11) is 0. The molecule has 96 valence electrons. The molecule has 1 N–H and O–H groups in total. The first-order valence-corrected chi connectivity index (χ1v) is 6.44. The van der Waals surface area contributed by atoms with Gasteiger partial charge < -0.3 is 10.1 Å². The van der Waals surface area contributed by atoms with Crippen LogP contribution in [0.1, 0.15) is 13.8 Å². The quantitative estimate of drug-likeness (QED) is 0.836. The van der Waals surface area contributed by atoms with Crippen LogP contribution in [-0.2, 0) is 4.74 Å². The molecule has 2 aromatic rings. The van der Waals surface area contributed by atoms with Gasteiger partial charge in [-0.1, -0.05) is 11.6 Å². The van der Waals surface area contributed by atoms with Crippen LogP contribution in [-0.4, -0.2) is 24.2 Å². The molecule has 0 aliphatic rings. The van der Waals surface area contributed by atoms with Gasteiger partial charge in [0.05, 0.1) is 18.2 Å². The first-order valence-electron chi connectivity index (χ1n) is 6.06. The van der Waals surface area contributed by atoms with E-state index in [-0.39, 0.29) is 6.10 Å². The highest BCUT2D eigenvalue weighted by Gasteiger charge is 2.02. The molecule has 0 atom stereocenters. The molecule has 4 heteroatoms. The van der Waals surface area contributed by atoms with Crippen LogP contribution >= 0.6 is 11.6 Å².